The van der Waals surface area contributed by atoms with Crippen LogP contribution in [0, 0.1) is 5.41 Å². The molecule has 0 radical (unpaired) electrons. The number of hydrogen-bond donors (Lipinski definition) is 0. The van der Waals surface area contributed by atoms with Gasteiger partial charge in [-0.25, -0.2) is 8.42 Å². The highest BCUT2D eigenvalue weighted by Gasteiger charge is 2.38. The zero-order valence-corrected chi connectivity index (χ0v) is 10.7. The Kier molecular flexibility index (Phi) is 3.79. The fourth-order valence-electron chi connectivity index (χ4n) is 2.47. The molecule has 6 heteroatoms. The molecule has 0 N–H and O–H groups in total. The van der Waals surface area contributed by atoms with Crippen LogP contribution in [-0.4, -0.2) is 40.1 Å². The first-order chi connectivity index (χ1) is 7.49. The molecule has 1 atom stereocenters. The summed E-state index contributed by atoms with van der Waals surface area (Å²) in [5.74, 6) is -0.0683. The molecule has 16 heavy (non-hydrogen) atoms. The lowest BCUT2D eigenvalue weighted by Gasteiger charge is -2.42. The second-order valence-corrected chi connectivity index (χ2v) is 7.61. The minimum Gasteiger partial charge on any atom is -0.381 e. The van der Waals surface area contributed by atoms with Gasteiger partial charge in [-0.2, -0.15) is 0 Å². The minimum atomic E-state index is -3.44. The molecule has 0 saturated carbocycles. The summed E-state index contributed by atoms with van der Waals surface area (Å²) in [5.41, 5.74) is 0.227. The van der Waals surface area contributed by atoms with Crippen molar-refractivity contribution >= 4 is 19.7 Å². The zero-order chi connectivity index (χ0) is 11.6. The third-order valence-corrected chi connectivity index (χ3v) is 4.71. The van der Waals surface area contributed by atoms with Gasteiger partial charge in [0.15, 0.2) is 0 Å². The molecule has 2 fully saturated rings. The molecule has 2 saturated heterocycles. The van der Waals surface area contributed by atoms with E-state index in [-0.39, 0.29) is 17.3 Å². The van der Waals surface area contributed by atoms with Gasteiger partial charge < -0.3 is 9.47 Å². The molecular formula is C10H17ClO4S. The van der Waals surface area contributed by atoms with Crippen molar-refractivity contribution in [2.45, 2.75) is 31.8 Å². The lowest BCUT2D eigenvalue weighted by atomic mass is 9.75. The Morgan fingerprint density at radius 3 is 2.44 bits per heavy atom. The van der Waals surface area contributed by atoms with E-state index in [9.17, 15) is 8.42 Å². The Morgan fingerprint density at radius 2 is 1.94 bits per heavy atom. The molecule has 0 amide bonds. The van der Waals surface area contributed by atoms with Gasteiger partial charge in [-0.3, -0.25) is 0 Å². The highest BCUT2D eigenvalue weighted by atomic mass is 35.7. The first-order valence-corrected chi connectivity index (χ1v) is 8.09. The van der Waals surface area contributed by atoms with Gasteiger partial charge in [-0.1, -0.05) is 0 Å². The summed E-state index contributed by atoms with van der Waals surface area (Å²) in [6.07, 6.45) is 3.62. The lowest BCUT2D eigenvalue weighted by molar-refractivity contribution is -0.0982. The highest BCUT2D eigenvalue weighted by Crippen LogP contribution is 2.40. The van der Waals surface area contributed by atoms with E-state index >= 15 is 0 Å². The van der Waals surface area contributed by atoms with E-state index in [1.54, 1.807) is 0 Å². The third kappa shape index (κ3) is 3.32. The van der Waals surface area contributed by atoms with Crippen LogP contribution in [0.1, 0.15) is 25.7 Å². The number of ether oxygens (including phenoxy) is 2. The Labute approximate surface area is 101 Å². The van der Waals surface area contributed by atoms with E-state index in [0.717, 1.165) is 38.9 Å². The van der Waals surface area contributed by atoms with Crippen LogP contribution in [0.2, 0.25) is 0 Å². The average Bonchev–Trinajstić information content (AvgIpc) is 2.22. The summed E-state index contributed by atoms with van der Waals surface area (Å²) < 4.78 is 32.8. The van der Waals surface area contributed by atoms with Crippen molar-refractivity contribution in [3.05, 3.63) is 0 Å². The fraction of sp³-hybridized carbons (Fsp3) is 1.00. The average molecular weight is 269 g/mol. The van der Waals surface area contributed by atoms with Crippen LogP contribution in [0.4, 0.5) is 0 Å². The summed E-state index contributed by atoms with van der Waals surface area (Å²) >= 11 is 0. The molecule has 94 valence electrons. The van der Waals surface area contributed by atoms with Crippen LogP contribution in [0.5, 0.6) is 0 Å². The minimum absolute atomic E-state index is 0.0683. The normalized spacial score (nSPS) is 30.4. The predicted octanol–water partition coefficient (Wildman–Crippen LogP) is 1.53. The molecular weight excluding hydrogens is 252 g/mol. The molecule has 2 aliphatic rings. The number of halogens is 1. The van der Waals surface area contributed by atoms with Crippen molar-refractivity contribution in [1.82, 2.24) is 0 Å². The van der Waals surface area contributed by atoms with Crippen molar-refractivity contribution < 1.29 is 17.9 Å². The van der Waals surface area contributed by atoms with Gasteiger partial charge in [0.05, 0.1) is 18.5 Å². The SMILES string of the molecule is O=S(=O)(Cl)CC1CCC2(CCOCC2)CO1. The second kappa shape index (κ2) is 4.80. The summed E-state index contributed by atoms with van der Waals surface area (Å²) in [6, 6.07) is 0. The Hall–Kier alpha value is 0.160. The molecule has 0 bridgehead atoms. The van der Waals surface area contributed by atoms with Gasteiger partial charge in [0.1, 0.15) is 0 Å². The van der Waals surface area contributed by atoms with Gasteiger partial charge in [0.25, 0.3) is 0 Å². The van der Waals surface area contributed by atoms with Gasteiger partial charge >= 0.3 is 0 Å². The Balaban J connectivity index is 1.86. The van der Waals surface area contributed by atoms with E-state index in [0.29, 0.717) is 6.61 Å². The topological polar surface area (TPSA) is 52.6 Å². The maximum atomic E-state index is 10.9. The van der Waals surface area contributed by atoms with E-state index in [1.807, 2.05) is 0 Å². The summed E-state index contributed by atoms with van der Waals surface area (Å²) in [7, 11) is 1.77. The van der Waals surface area contributed by atoms with Gasteiger partial charge in [-0.05, 0) is 31.1 Å². The molecule has 0 aromatic rings. The molecule has 2 heterocycles. The lowest BCUT2D eigenvalue weighted by Crippen LogP contribution is -2.41. The summed E-state index contributed by atoms with van der Waals surface area (Å²) in [6.45, 7) is 2.23. The predicted molar refractivity (Wildman–Crippen MR) is 61.1 cm³/mol. The Bertz CT molecular complexity index is 325. The molecule has 1 spiro atoms. The van der Waals surface area contributed by atoms with Crippen LogP contribution >= 0.6 is 10.7 Å². The monoisotopic (exact) mass is 268 g/mol. The highest BCUT2D eigenvalue weighted by molar-refractivity contribution is 8.13. The van der Waals surface area contributed by atoms with Crippen LogP contribution in [0.25, 0.3) is 0 Å². The fourth-order valence-corrected chi connectivity index (χ4v) is 3.60. The first kappa shape index (κ1) is 12.6. The van der Waals surface area contributed by atoms with Crippen LogP contribution in [0.15, 0.2) is 0 Å². The van der Waals surface area contributed by atoms with E-state index < -0.39 is 9.05 Å². The van der Waals surface area contributed by atoms with Crippen molar-refractivity contribution in [1.29, 1.82) is 0 Å². The maximum absolute atomic E-state index is 10.9. The Morgan fingerprint density at radius 1 is 1.25 bits per heavy atom. The van der Waals surface area contributed by atoms with Gasteiger partial charge in [0.2, 0.25) is 9.05 Å². The van der Waals surface area contributed by atoms with Crippen LogP contribution in [-0.2, 0) is 18.5 Å². The van der Waals surface area contributed by atoms with Gasteiger partial charge in [-0.15, -0.1) is 0 Å². The van der Waals surface area contributed by atoms with Crippen molar-refractivity contribution in [3.8, 4) is 0 Å². The van der Waals surface area contributed by atoms with E-state index in [2.05, 4.69) is 0 Å². The van der Waals surface area contributed by atoms with E-state index in [1.165, 1.54) is 0 Å². The molecule has 0 aromatic carbocycles. The molecule has 1 unspecified atom stereocenters. The third-order valence-electron chi connectivity index (χ3n) is 3.56. The molecule has 0 aromatic heterocycles. The molecule has 2 rings (SSSR count). The zero-order valence-electron chi connectivity index (χ0n) is 9.15. The summed E-state index contributed by atoms with van der Waals surface area (Å²) in [4.78, 5) is 0. The molecule has 0 aliphatic carbocycles. The van der Waals surface area contributed by atoms with Crippen molar-refractivity contribution in [3.63, 3.8) is 0 Å². The number of hydrogen-bond acceptors (Lipinski definition) is 4. The van der Waals surface area contributed by atoms with Crippen LogP contribution in [0.3, 0.4) is 0 Å². The van der Waals surface area contributed by atoms with E-state index in [4.69, 9.17) is 20.2 Å². The maximum Gasteiger partial charge on any atom is 0.235 e. The van der Waals surface area contributed by atoms with Crippen molar-refractivity contribution in [2.75, 3.05) is 25.6 Å². The quantitative estimate of drug-likeness (QED) is 0.713. The molecule has 2 aliphatic heterocycles. The van der Waals surface area contributed by atoms with Crippen LogP contribution < -0.4 is 0 Å². The first-order valence-electron chi connectivity index (χ1n) is 5.61. The standard InChI is InChI=1S/C10H17ClO4S/c11-16(12,13)7-9-1-2-10(8-15-9)3-5-14-6-4-10/h9H,1-8H2. The summed E-state index contributed by atoms with van der Waals surface area (Å²) in [5, 5.41) is 0. The largest absolute Gasteiger partial charge is 0.381 e. The molecule has 4 nitrogen and oxygen atoms in total. The second-order valence-electron chi connectivity index (χ2n) is 4.79. The number of rotatable bonds is 2. The van der Waals surface area contributed by atoms with Gasteiger partial charge in [0, 0.05) is 23.9 Å². The smallest absolute Gasteiger partial charge is 0.235 e. The van der Waals surface area contributed by atoms with Crippen molar-refractivity contribution in [2.24, 2.45) is 5.41 Å².